The first-order valence-electron chi connectivity index (χ1n) is 6.69. The molecule has 0 saturated heterocycles. The number of halogens is 1. The van der Waals surface area contributed by atoms with Crippen molar-refractivity contribution in [3.63, 3.8) is 0 Å². The van der Waals surface area contributed by atoms with Crippen molar-refractivity contribution in [2.24, 2.45) is 11.8 Å². The average Bonchev–Trinajstić information content (AvgIpc) is 2.41. The van der Waals surface area contributed by atoms with Crippen LogP contribution in [0.4, 0.5) is 0 Å². The highest BCUT2D eigenvalue weighted by atomic mass is 79.9. The van der Waals surface area contributed by atoms with Crippen LogP contribution < -0.4 is 5.32 Å². The van der Waals surface area contributed by atoms with Crippen LogP contribution in [0.1, 0.15) is 25.8 Å². The van der Waals surface area contributed by atoms with Gasteiger partial charge in [0.15, 0.2) is 0 Å². The first-order chi connectivity index (χ1) is 9.43. The molecule has 0 radical (unpaired) electrons. The number of aliphatic carboxylic acids is 1. The Kier molecular flexibility index (Phi) is 6.71. The van der Waals surface area contributed by atoms with Crippen LogP contribution in [-0.2, 0) is 16.0 Å². The van der Waals surface area contributed by atoms with Gasteiger partial charge in [-0.1, -0.05) is 41.9 Å². The smallest absolute Gasteiger partial charge is 0.308 e. The van der Waals surface area contributed by atoms with Gasteiger partial charge >= 0.3 is 5.97 Å². The Bertz CT molecular complexity index is 476. The normalized spacial score (nSPS) is 13.6. The number of carboxylic acids is 1. The van der Waals surface area contributed by atoms with Gasteiger partial charge in [0.1, 0.15) is 0 Å². The zero-order valence-corrected chi connectivity index (χ0v) is 13.3. The molecule has 0 saturated carbocycles. The van der Waals surface area contributed by atoms with E-state index in [2.05, 4.69) is 21.2 Å². The maximum absolute atomic E-state index is 12.1. The lowest BCUT2D eigenvalue weighted by atomic mass is 9.96. The van der Waals surface area contributed by atoms with E-state index in [0.717, 1.165) is 16.5 Å². The SMILES string of the molecule is CCC(Cc1cccc(Br)c1)C(=O)NCC(C)C(=O)O. The topological polar surface area (TPSA) is 66.4 Å². The molecule has 0 bridgehead atoms. The number of carboxylic acid groups (broad SMARTS) is 1. The largest absolute Gasteiger partial charge is 0.481 e. The molecular weight excluding hydrogens is 322 g/mol. The van der Waals surface area contributed by atoms with E-state index < -0.39 is 11.9 Å². The lowest BCUT2D eigenvalue weighted by molar-refractivity contribution is -0.141. The van der Waals surface area contributed by atoms with Crippen molar-refractivity contribution in [2.45, 2.75) is 26.7 Å². The number of benzene rings is 1. The maximum Gasteiger partial charge on any atom is 0.308 e. The minimum atomic E-state index is -0.898. The summed E-state index contributed by atoms with van der Waals surface area (Å²) in [5.74, 6) is -1.68. The van der Waals surface area contributed by atoms with Crippen molar-refractivity contribution in [1.82, 2.24) is 5.32 Å². The van der Waals surface area contributed by atoms with Gasteiger partial charge in [0.05, 0.1) is 5.92 Å². The monoisotopic (exact) mass is 341 g/mol. The summed E-state index contributed by atoms with van der Waals surface area (Å²) in [4.78, 5) is 22.8. The molecule has 110 valence electrons. The number of amides is 1. The molecule has 4 nitrogen and oxygen atoms in total. The number of hydrogen-bond donors (Lipinski definition) is 2. The Labute approximate surface area is 127 Å². The fourth-order valence-electron chi connectivity index (χ4n) is 1.86. The maximum atomic E-state index is 12.1. The highest BCUT2D eigenvalue weighted by Gasteiger charge is 2.19. The third kappa shape index (κ3) is 5.33. The quantitative estimate of drug-likeness (QED) is 0.801. The molecule has 0 aromatic heterocycles. The first kappa shape index (κ1) is 16.7. The molecule has 1 aromatic rings. The van der Waals surface area contributed by atoms with Crippen LogP contribution >= 0.6 is 15.9 Å². The summed E-state index contributed by atoms with van der Waals surface area (Å²) in [6, 6.07) is 7.87. The van der Waals surface area contributed by atoms with Gasteiger partial charge in [-0.05, 0) is 30.5 Å². The fraction of sp³-hybridized carbons (Fsp3) is 0.467. The Morgan fingerprint density at radius 1 is 1.40 bits per heavy atom. The Hall–Kier alpha value is -1.36. The fourth-order valence-corrected chi connectivity index (χ4v) is 2.30. The highest BCUT2D eigenvalue weighted by Crippen LogP contribution is 2.17. The summed E-state index contributed by atoms with van der Waals surface area (Å²) in [6.07, 6.45) is 1.38. The van der Waals surface area contributed by atoms with Crippen molar-refractivity contribution < 1.29 is 14.7 Å². The molecule has 0 fully saturated rings. The second-order valence-electron chi connectivity index (χ2n) is 4.92. The first-order valence-corrected chi connectivity index (χ1v) is 7.48. The van der Waals surface area contributed by atoms with Crippen LogP contribution in [0.5, 0.6) is 0 Å². The van der Waals surface area contributed by atoms with Crippen LogP contribution in [0.15, 0.2) is 28.7 Å². The van der Waals surface area contributed by atoms with Gasteiger partial charge in [0, 0.05) is 16.9 Å². The van der Waals surface area contributed by atoms with Crippen molar-refractivity contribution in [2.75, 3.05) is 6.54 Å². The van der Waals surface area contributed by atoms with Gasteiger partial charge in [-0.3, -0.25) is 9.59 Å². The van der Waals surface area contributed by atoms with Crippen LogP contribution in [0.3, 0.4) is 0 Å². The summed E-state index contributed by atoms with van der Waals surface area (Å²) in [7, 11) is 0. The van der Waals surface area contributed by atoms with Gasteiger partial charge in [-0.15, -0.1) is 0 Å². The second-order valence-corrected chi connectivity index (χ2v) is 5.84. The van der Waals surface area contributed by atoms with Gasteiger partial charge in [-0.25, -0.2) is 0 Å². The zero-order chi connectivity index (χ0) is 15.1. The molecule has 0 spiro atoms. The van der Waals surface area contributed by atoms with E-state index in [1.165, 1.54) is 0 Å². The molecule has 1 amide bonds. The Balaban J connectivity index is 2.57. The number of hydrogen-bond acceptors (Lipinski definition) is 2. The minimum Gasteiger partial charge on any atom is -0.481 e. The lowest BCUT2D eigenvalue weighted by Gasteiger charge is -2.16. The van der Waals surface area contributed by atoms with E-state index in [4.69, 9.17) is 5.11 Å². The standard InChI is InChI=1S/C15H20BrNO3/c1-3-12(7-11-5-4-6-13(16)8-11)14(18)17-9-10(2)15(19)20/h4-6,8,10,12H,3,7,9H2,1-2H3,(H,17,18)(H,19,20). The van der Waals surface area contributed by atoms with Crippen LogP contribution in [0, 0.1) is 11.8 Å². The molecule has 1 rings (SSSR count). The second kappa shape index (κ2) is 8.04. The Morgan fingerprint density at radius 2 is 2.10 bits per heavy atom. The van der Waals surface area contributed by atoms with Crippen LogP contribution in [-0.4, -0.2) is 23.5 Å². The van der Waals surface area contributed by atoms with E-state index in [0.29, 0.717) is 6.42 Å². The highest BCUT2D eigenvalue weighted by molar-refractivity contribution is 9.10. The summed E-state index contributed by atoms with van der Waals surface area (Å²) >= 11 is 3.41. The predicted octanol–water partition coefficient (Wildman–Crippen LogP) is 2.85. The van der Waals surface area contributed by atoms with E-state index in [-0.39, 0.29) is 18.4 Å². The minimum absolute atomic E-state index is 0.0828. The van der Waals surface area contributed by atoms with E-state index >= 15 is 0 Å². The average molecular weight is 342 g/mol. The molecule has 2 N–H and O–H groups in total. The summed E-state index contributed by atoms with van der Waals surface area (Å²) in [5, 5.41) is 11.5. The molecule has 0 aliphatic rings. The van der Waals surface area contributed by atoms with Crippen molar-refractivity contribution in [1.29, 1.82) is 0 Å². The summed E-state index contributed by atoms with van der Waals surface area (Å²) in [5.41, 5.74) is 1.09. The van der Waals surface area contributed by atoms with Crippen molar-refractivity contribution >= 4 is 27.8 Å². The number of carbonyl (C=O) groups excluding carboxylic acids is 1. The summed E-state index contributed by atoms with van der Waals surface area (Å²) in [6.45, 7) is 3.71. The molecule has 5 heteroatoms. The van der Waals surface area contributed by atoms with Crippen LogP contribution in [0.2, 0.25) is 0 Å². The van der Waals surface area contributed by atoms with E-state index in [9.17, 15) is 9.59 Å². The lowest BCUT2D eigenvalue weighted by Crippen LogP contribution is -2.36. The Morgan fingerprint density at radius 3 is 2.65 bits per heavy atom. The third-order valence-corrected chi connectivity index (χ3v) is 3.73. The van der Waals surface area contributed by atoms with Crippen molar-refractivity contribution in [3.05, 3.63) is 34.3 Å². The molecule has 20 heavy (non-hydrogen) atoms. The van der Waals surface area contributed by atoms with Crippen molar-refractivity contribution in [3.8, 4) is 0 Å². The number of carbonyl (C=O) groups is 2. The van der Waals surface area contributed by atoms with Gasteiger partial charge in [0.2, 0.25) is 5.91 Å². The zero-order valence-electron chi connectivity index (χ0n) is 11.7. The summed E-state index contributed by atoms with van der Waals surface area (Å²) < 4.78 is 0.991. The molecule has 0 aliphatic carbocycles. The van der Waals surface area contributed by atoms with Gasteiger partial charge in [0.25, 0.3) is 0 Å². The van der Waals surface area contributed by atoms with Crippen LogP contribution in [0.25, 0.3) is 0 Å². The van der Waals surface area contributed by atoms with E-state index in [1.54, 1.807) is 6.92 Å². The number of rotatable bonds is 7. The van der Waals surface area contributed by atoms with Gasteiger partial charge in [-0.2, -0.15) is 0 Å². The molecule has 0 aliphatic heterocycles. The number of nitrogens with one attached hydrogen (secondary N) is 1. The molecule has 0 heterocycles. The predicted molar refractivity (Wildman–Crippen MR) is 81.4 cm³/mol. The third-order valence-electron chi connectivity index (χ3n) is 3.24. The van der Waals surface area contributed by atoms with Gasteiger partial charge < -0.3 is 10.4 Å². The molecule has 2 unspecified atom stereocenters. The molecule has 1 aromatic carbocycles. The molecular formula is C15H20BrNO3. The van der Waals surface area contributed by atoms with E-state index in [1.807, 2.05) is 31.2 Å². The molecule has 2 atom stereocenters.